The number of rotatable bonds is 6. The second-order valence-corrected chi connectivity index (χ2v) is 7.40. The van der Waals surface area contributed by atoms with Crippen LogP contribution in [-0.4, -0.2) is 46.6 Å². The minimum atomic E-state index is -0.254. The smallest absolute Gasteiger partial charge is 0.234 e. The number of carbonyl (C=O) groups excluding carboxylic acids is 1. The van der Waals surface area contributed by atoms with Crippen LogP contribution in [0, 0.1) is 5.92 Å². The minimum absolute atomic E-state index is 0.00995. The summed E-state index contributed by atoms with van der Waals surface area (Å²) in [6.07, 6.45) is 3.04. The Kier molecular flexibility index (Phi) is 5.35. The van der Waals surface area contributed by atoms with E-state index < -0.39 is 0 Å². The summed E-state index contributed by atoms with van der Waals surface area (Å²) in [5.41, 5.74) is 1.96. The van der Waals surface area contributed by atoms with E-state index in [4.69, 9.17) is 0 Å². The molecule has 1 saturated carbocycles. The summed E-state index contributed by atoms with van der Waals surface area (Å²) >= 11 is 0. The van der Waals surface area contributed by atoms with E-state index in [0.717, 1.165) is 29.3 Å². The van der Waals surface area contributed by atoms with Crippen molar-refractivity contribution in [3.8, 4) is 0 Å². The van der Waals surface area contributed by atoms with Crippen LogP contribution in [0.25, 0.3) is 10.9 Å². The Morgan fingerprint density at radius 2 is 2.08 bits per heavy atom. The van der Waals surface area contributed by atoms with Gasteiger partial charge < -0.3 is 10.4 Å². The average molecular weight is 341 g/mol. The van der Waals surface area contributed by atoms with Crippen LogP contribution in [0.15, 0.2) is 36.5 Å². The molecule has 0 spiro atoms. The molecule has 2 N–H and O–H groups in total. The lowest BCUT2D eigenvalue weighted by Gasteiger charge is -2.38. The number of amides is 1. The summed E-state index contributed by atoms with van der Waals surface area (Å²) in [7, 11) is 1.95. The molecule has 25 heavy (non-hydrogen) atoms. The SMILES string of the molecule is CC(C)N(C)CC(=O)NC(c1cnc2ccccc2c1)C1CC(O)C1. The Balaban J connectivity index is 1.80. The van der Waals surface area contributed by atoms with Gasteiger partial charge in [0.05, 0.1) is 24.2 Å². The number of nitrogens with zero attached hydrogens (tertiary/aromatic N) is 2. The van der Waals surface area contributed by atoms with E-state index in [-0.39, 0.29) is 24.0 Å². The molecule has 1 aliphatic carbocycles. The van der Waals surface area contributed by atoms with Gasteiger partial charge in [0.25, 0.3) is 0 Å². The zero-order valence-electron chi connectivity index (χ0n) is 15.1. The number of nitrogens with one attached hydrogen (secondary N) is 1. The molecule has 1 heterocycles. The molecule has 0 bridgehead atoms. The molecule has 1 atom stereocenters. The van der Waals surface area contributed by atoms with Crippen LogP contribution >= 0.6 is 0 Å². The van der Waals surface area contributed by atoms with E-state index in [1.807, 2.05) is 42.4 Å². The first kappa shape index (κ1) is 17.8. The summed E-state index contributed by atoms with van der Waals surface area (Å²) in [6, 6.07) is 10.3. The highest BCUT2D eigenvalue weighted by atomic mass is 16.3. The maximum absolute atomic E-state index is 12.5. The van der Waals surface area contributed by atoms with Gasteiger partial charge in [-0.3, -0.25) is 14.7 Å². The lowest BCUT2D eigenvalue weighted by atomic mass is 9.75. The van der Waals surface area contributed by atoms with Crippen LogP contribution < -0.4 is 5.32 Å². The van der Waals surface area contributed by atoms with Gasteiger partial charge in [-0.25, -0.2) is 0 Å². The fraction of sp³-hybridized carbons (Fsp3) is 0.500. The molecular formula is C20H27N3O2. The quantitative estimate of drug-likeness (QED) is 0.847. The molecule has 5 nitrogen and oxygen atoms in total. The Morgan fingerprint density at radius 1 is 1.36 bits per heavy atom. The Labute approximate surface area is 149 Å². The highest BCUT2D eigenvalue weighted by Gasteiger charge is 2.36. The maximum Gasteiger partial charge on any atom is 0.234 e. The van der Waals surface area contributed by atoms with Crippen molar-refractivity contribution in [2.75, 3.05) is 13.6 Å². The number of aliphatic hydroxyl groups excluding tert-OH is 1. The number of fused-ring (bicyclic) bond motifs is 1. The van der Waals surface area contributed by atoms with Crippen LogP contribution in [0.5, 0.6) is 0 Å². The second-order valence-electron chi connectivity index (χ2n) is 7.40. The summed E-state index contributed by atoms with van der Waals surface area (Å²) in [5.74, 6) is 0.266. The zero-order valence-corrected chi connectivity index (χ0v) is 15.1. The van der Waals surface area contributed by atoms with Crippen LogP contribution in [0.1, 0.15) is 38.3 Å². The molecule has 1 aromatic carbocycles. The van der Waals surface area contributed by atoms with Crippen LogP contribution in [0.2, 0.25) is 0 Å². The number of carbonyl (C=O) groups is 1. The first-order valence-electron chi connectivity index (χ1n) is 8.96. The Morgan fingerprint density at radius 3 is 2.76 bits per heavy atom. The van der Waals surface area contributed by atoms with Crippen LogP contribution in [0.3, 0.4) is 0 Å². The molecule has 1 unspecified atom stereocenters. The molecule has 134 valence electrons. The van der Waals surface area contributed by atoms with Crippen molar-refractivity contribution in [3.05, 3.63) is 42.1 Å². The van der Waals surface area contributed by atoms with Crippen molar-refractivity contribution in [2.45, 2.75) is 44.9 Å². The number of hydrogen-bond acceptors (Lipinski definition) is 4. The van der Waals surface area contributed by atoms with Gasteiger partial charge in [-0.15, -0.1) is 0 Å². The fourth-order valence-corrected chi connectivity index (χ4v) is 3.26. The lowest BCUT2D eigenvalue weighted by molar-refractivity contribution is -0.124. The van der Waals surface area contributed by atoms with Crippen molar-refractivity contribution in [1.29, 1.82) is 0 Å². The molecule has 0 aliphatic heterocycles. The third-order valence-corrected chi connectivity index (χ3v) is 5.18. The molecule has 0 saturated heterocycles. The summed E-state index contributed by atoms with van der Waals surface area (Å²) in [4.78, 5) is 19.0. The molecule has 1 fully saturated rings. The summed E-state index contributed by atoms with van der Waals surface area (Å²) in [6.45, 7) is 4.51. The molecule has 3 rings (SSSR count). The monoisotopic (exact) mass is 341 g/mol. The van der Waals surface area contributed by atoms with Crippen molar-refractivity contribution >= 4 is 16.8 Å². The summed E-state index contributed by atoms with van der Waals surface area (Å²) in [5, 5.41) is 13.9. The number of para-hydroxylation sites is 1. The molecule has 5 heteroatoms. The van der Waals surface area contributed by atoms with Crippen molar-refractivity contribution in [2.24, 2.45) is 5.92 Å². The van der Waals surface area contributed by atoms with Crippen molar-refractivity contribution < 1.29 is 9.90 Å². The first-order valence-corrected chi connectivity index (χ1v) is 8.96. The molecule has 0 radical (unpaired) electrons. The molecular weight excluding hydrogens is 314 g/mol. The number of aromatic nitrogens is 1. The van der Waals surface area contributed by atoms with Gasteiger partial charge in [0.2, 0.25) is 5.91 Å². The van der Waals surface area contributed by atoms with E-state index in [2.05, 4.69) is 30.2 Å². The fourth-order valence-electron chi connectivity index (χ4n) is 3.26. The highest BCUT2D eigenvalue weighted by molar-refractivity contribution is 5.80. The number of benzene rings is 1. The van der Waals surface area contributed by atoms with E-state index in [9.17, 15) is 9.90 Å². The first-order chi connectivity index (χ1) is 11.9. The Bertz CT molecular complexity index is 741. The lowest BCUT2D eigenvalue weighted by Crippen LogP contribution is -2.45. The molecule has 1 aliphatic rings. The van der Waals surface area contributed by atoms with Gasteiger partial charge in [-0.05, 0) is 57.4 Å². The third kappa shape index (κ3) is 4.17. The van der Waals surface area contributed by atoms with Crippen LogP contribution in [0.4, 0.5) is 0 Å². The summed E-state index contributed by atoms with van der Waals surface area (Å²) < 4.78 is 0. The van der Waals surface area contributed by atoms with E-state index in [1.54, 1.807) is 0 Å². The number of pyridine rings is 1. The van der Waals surface area contributed by atoms with E-state index >= 15 is 0 Å². The highest BCUT2D eigenvalue weighted by Crippen LogP contribution is 2.38. The average Bonchev–Trinajstić information content (AvgIpc) is 2.56. The minimum Gasteiger partial charge on any atom is -0.393 e. The number of aliphatic hydroxyl groups is 1. The van der Waals surface area contributed by atoms with Gasteiger partial charge in [0.15, 0.2) is 0 Å². The van der Waals surface area contributed by atoms with E-state index in [0.29, 0.717) is 12.6 Å². The van der Waals surface area contributed by atoms with Gasteiger partial charge in [0.1, 0.15) is 0 Å². The van der Waals surface area contributed by atoms with Gasteiger partial charge in [-0.1, -0.05) is 18.2 Å². The standard InChI is InChI=1S/C20H27N3O2/c1-13(2)23(3)12-19(25)22-20(15-9-17(24)10-15)16-8-14-6-4-5-7-18(14)21-11-16/h4-8,11,13,15,17,20,24H,9-10,12H2,1-3H3,(H,22,25). The number of likely N-dealkylation sites (N-methyl/N-ethyl adjacent to an activating group) is 1. The molecule has 1 amide bonds. The van der Waals surface area contributed by atoms with Gasteiger partial charge in [0, 0.05) is 17.6 Å². The van der Waals surface area contributed by atoms with Crippen LogP contribution in [-0.2, 0) is 4.79 Å². The zero-order chi connectivity index (χ0) is 18.0. The maximum atomic E-state index is 12.5. The third-order valence-electron chi connectivity index (χ3n) is 5.18. The predicted octanol–water partition coefficient (Wildman–Crippen LogP) is 2.50. The van der Waals surface area contributed by atoms with Crippen molar-refractivity contribution in [3.63, 3.8) is 0 Å². The molecule has 1 aromatic heterocycles. The predicted molar refractivity (Wildman–Crippen MR) is 99.1 cm³/mol. The largest absolute Gasteiger partial charge is 0.393 e. The number of hydrogen-bond donors (Lipinski definition) is 2. The van der Waals surface area contributed by atoms with E-state index in [1.165, 1.54) is 0 Å². The van der Waals surface area contributed by atoms with Gasteiger partial charge in [-0.2, -0.15) is 0 Å². The van der Waals surface area contributed by atoms with Crippen molar-refractivity contribution in [1.82, 2.24) is 15.2 Å². The Hall–Kier alpha value is -1.98. The topological polar surface area (TPSA) is 65.5 Å². The molecule has 2 aromatic rings. The second kappa shape index (κ2) is 7.50. The van der Waals surface area contributed by atoms with Gasteiger partial charge >= 0.3 is 0 Å². The normalized spacial score (nSPS) is 21.4.